The number of aryl methyl sites for hydroxylation is 4. The van der Waals surface area contributed by atoms with Gasteiger partial charge in [0.2, 0.25) is 0 Å². The first-order chi connectivity index (χ1) is 19.5. The number of hydrogen-bond acceptors (Lipinski definition) is 8. The first-order valence-electron chi connectivity index (χ1n) is 12.6. The number of halogens is 2. The Balaban J connectivity index is 0.000000226. The van der Waals surface area contributed by atoms with E-state index in [1.54, 1.807) is 24.8 Å². The lowest BCUT2D eigenvalue weighted by Crippen LogP contribution is -2.08. The van der Waals surface area contributed by atoms with Crippen LogP contribution in [0.2, 0.25) is 0 Å². The number of benzene rings is 2. The van der Waals surface area contributed by atoms with Crippen LogP contribution in [0.1, 0.15) is 50.2 Å². The summed E-state index contributed by atoms with van der Waals surface area (Å²) in [7, 11) is 9.44. The summed E-state index contributed by atoms with van der Waals surface area (Å²) in [5, 5.41) is 20.9. The zero-order chi connectivity index (χ0) is 30.8. The molecular weight excluding hydrogens is 664 g/mol. The molecular formula is C29H34Br2N2O8. The van der Waals surface area contributed by atoms with Gasteiger partial charge in [-0.15, -0.1) is 0 Å². The van der Waals surface area contributed by atoms with E-state index < -0.39 is 5.97 Å². The third-order valence-electron chi connectivity index (χ3n) is 7.21. The van der Waals surface area contributed by atoms with E-state index >= 15 is 0 Å². The molecule has 0 spiro atoms. The quantitative estimate of drug-likeness (QED) is 0.249. The summed E-state index contributed by atoms with van der Waals surface area (Å²) < 4.78 is 25.4. The van der Waals surface area contributed by atoms with E-state index in [-0.39, 0.29) is 19.2 Å². The van der Waals surface area contributed by atoms with Crippen molar-refractivity contribution >= 4 is 65.6 Å². The number of methoxy groups -OCH3 is 4. The Kier molecular flexibility index (Phi) is 10.5. The van der Waals surface area contributed by atoms with Gasteiger partial charge in [0.05, 0.1) is 57.2 Å². The molecule has 222 valence electrons. The molecule has 0 saturated heterocycles. The van der Waals surface area contributed by atoms with E-state index in [9.17, 15) is 19.8 Å². The number of carbonyl (C=O) groups excluding carboxylic acids is 2. The fourth-order valence-corrected chi connectivity index (χ4v) is 6.62. The summed E-state index contributed by atoms with van der Waals surface area (Å²) in [6.07, 6.45) is 0.741. The smallest absolute Gasteiger partial charge is 0.354 e. The van der Waals surface area contributed by atoms with Crippen LogP contribution in [-0.2, 0) is 43.2 Å². The highest BCUT2D eigenvalue weighted by atomic mass is 79.9. The molecule has 2 heterocycles. The highest BCUT2D eigenvalue weighted by Crippen LogP contribution is 2.43. The van der Waals surface area contributed by atoms with E-state index in [4.69, 9.17) is 18.9 Å². The number of hydrogen-bond donors (Lipinski definition) is 2. The number of nitrogens with zero attached hydrogens (tertiary/aromatic N) is 2. The maximum Gasteiger partial charge on any atom is 0.354 e. The van der Waals surface area contributed by atoms with Gasteiger partial charge in [-0.05, 0) is 62.9 Å². The normalized spacial score (nSPS) is 10.9. The maximum absolute atomic E-state index is 11.9. The molecule has 0 aliphatic heterocycles. The summed E-state index contributed by atoms with van der Waals surface area (Å²) in [5.41, 5.74) is 5.93. The lowest BCUT2D eigenvalue weighted by molar-refractivity contribution is 0.0581. The molecule has 0 bridgehead atoms. The number of rotatable bonds is 7. The third kappa shape index (κ3) is 5.45. The molecule has 0 aliphatic carbocycles. The van der Waals surface area contributed by atoms with E-state index in [1.165, 1.54) is 21.3 Å². The van der Waals surface area contributed by atoms with Crippen LogP contribution in [0, 0.1) is 6.92 Å². The van der Waals surface area contributed by atoms with Crippen molar-refractivity contribution in [3.8, 4) is 11.5 Å². The van der Waals surface area contributed by atoms with Crippen LogP contribution >= 0.6 is 31.9 Å². The van der Waals surface area contributed by atoms with E-state index in [2.05, 4.69) is 31.9 Å². The second-order valence-electron chi connectivity index (χ2n) is 9.11. The van der Waals surface area contributed by atoms with Crippen molar-refractivity contribution in [3.63, 3.8) is 0 Å². The lowest BCUT2D eigenvalue weighted by atomic mass is 9.97. The number of esters is 2. The Morgan fingerprint density at radius 2 is 1.24 bits per heavy atom. The summed E-state index contributed by atoms with van der Waals surface area (Å²) in [6, 6.07) is 3.53. The third-order valence-corrected chi connectivity index (χ3v) is 8.85. The van der Waals surface area contributed by atoms with Crippen LogP contribution in [0.4, 0.5) is 0 Å². The number of aliphatic hydroxyl groups is 2. The van der Waals surface area contributed by atoms with Gasteiger partial charge < -0.3 is 38.3 Å². The summed E-state index contributed by atoms with van der Waals surface area (Å²) in [6.45, 7) is 3.68. The van der Waals surface area contributed by atoms with Gasteiger partial charge >= 0.3 is 11.9 Å². The number of ether oxygens (including phenoxy) is 4. The molecule has 0 aliphatic rings. The highest BCUT2D eigenvalue weighted by Gasteiger charge is 2.24. The highest BCUT2D eigenvalue weighted by molar-refractivity contribution is 9.11. The van der Waals surface area contributed by atoms with Crippen molar-refractivity contribution in [2.75, 3.05) is 28.4 Å². The van der Waals surface area contributed by atoms with E-state index in [1.807, 2.05) is 31.5 Å². The average Bonchev–Trinajstić information content (AvgIpc) is 3.51. The van der Waals surface area contributed by atoms with Crippen molar-refractivity contribution in [1.82, 2.24) is 9.13 Å². The van der Waals surface area contributed by atoms with Gasteiger partial charge in [0.1, 0.15) is 22.9 Å². The van der Waals surface area contributed by atoms with Gasteiger partial charge in [-0.3, -0.25) is 0 Å². The van der Waals surface area contributed by atoms with Crippen molar-refractivity contribution in [1.29, 1.82) is 0 Å². The molecule has 2 aromatic heterocycles. The molecule has 0 amide bonds. The summed E-state index contributed by atoms with van der Waals surface area (Å²) >= 11 is 6.93. The zero-order valence-electron chi connectivity index (χ0n) is 24.3. The van der Waals surface area contributed by atoms with Crippen LogP contribution in [-0.4, -0.2) is 59.7 Å². The molecule has 0 atom stereocenters. The van der Waals surface area contributed by atoms with Gasteiger partial charge in [0.25, 0.3) is 0 Å². The first-order valence-corrected chi connectivity index (χ1v) is 14.2. The van der Waals surface area contributed by atoms with Gasteiger partial charge in [-0.2, -0.15) is 0 Å². The largest absolute Gasteiger partial charge is 0.496 e. The number of aliphatic hydroxyl groups excluding tert-OH is 2. The average molecular weight is 698 g/mol. The molecule has 41 heavy (non-hydrogen) atoms. The Bertz CT molecular complexity index is 1640. The standard InChI is InChI=1S/C16H21NO4.C13H13Br2NO4/c1-6-10-14-11(7-13(17(14)3)16(19)21-5)9(2)12(8-18)15(10)20-4;1-16-8(13(18)20-3)4-6-9(14)7(5-17)12(19-2)10(15)11(6)16/h7,18H,6,8H2,1-5H3;4,17H,5H2,1-3H3. The maximum atomic E-state index is 11.9. The fraction of sp³-hybridized carbons (Fsp3) is 0.379. The van der Waals surface area contributed by atoms with Crippen LogP contribution in [0.15, 0.2) is 21.1 Å². The van der Waals surface area contributed by atoms with E-state index in [0.717, 1.165) is 44.9 Å². The zero-order valence-corrected chi connectivity index (χ0v) is 27.4. The van der Waals surface area contributed by atoms with Gasteiger partial charge in [0.15, 0.2) is 0 Å². The first kappa shape index (κ1) is 32.5. The van der Waals surface area contributed by atoms with Crippen molar-refractivity contribution in [3.05, 3.63) is 54.7 Å². The Labute approximate surface area is 255 Å². The topological polar surface area (TPSA) is 121 Å². The lowest BCUT2D eigenvalue weighted by Gasteiger charge is -2.17. The van der Waals surface area contributed by atoms with Crippen molar-refractivity contribution in [2.45, 2.75) is 33.5 Å². The molecule has 12 heteroatoms. The van der Waals surface area contributed by atoms with Gasteiger partial charge in [-0.25, -0.2) is 9.59 Å². The Morgan fingerprint density at radius 3 is 1.68 bits per heavy atom. The molecule has 2 aromatic carbocycles. The Hall–Kier alpha value is -3.06. The predicted molar refractivity (Wildman–Crippen MR) is 163 cm³/mol. The SMILES string of the molecule is CCc1c(OC)c(CO)c(C)c2cc(C(=O)OC)n(C)c12.COC(=O)c1cc2c(Br)c(CO)c(OC)c(Br)c2n1C. The second-order valence-corrected chi connectivity index (χ2v) is 10.7. The van der Waals surface area contributed by atoms with Crippen LogP contribution < -0.4 is 9.47 Å². The minimum atomic E-state index is -0.424. The predicted octanol–water partition coefficient (Wildman–Crippen LogP) is 5.33. The summed E-state index contributed by atoms with van der Waals surface area (Å²) in [5.74, 6) is 0.429. The van der Waals surface area contributed by atoms with E-state index in [0.29, 0.717) is 37.4 Å². The molecule has 0 saturated carbocycles. The van der Waals surface area contributed by atoms with Crippen LogP contribution in [0.3, 0.4) is 0 Å². The van der Waals surface area contributed by atoms with Crippen LogP contribution in [0.5, 0.6) is 11.5 Å². The molecule has 10 nitrogen and oxygen atoms in total. The monoisotopic (exact) mass is 696 g/mol. The van der Waals surface area contributed by atoms with Crippen molar-refractivity contribution < 1.29 is 38.7 Å². The molecule has 4 aromatic rings. The number of fused-ring (bicyclic) bond motifs is 2. The fourth-order valence-electron chi connectivity index (χ4n) is 5.13. The number of carbonyl (C=O) groups is 2. The minimum Gasteiger partial charge on any atom is -0.496 e. The second kappa shape index (κ2) is 13.3. The minimum absolute atomic E-state index is 0.0968. The molecule has 2 N–H and O–H groups in total. The number of aromatic nitrogens is 2. The molecule has 4 rings (SSSR count). The van der Waals surface area contributed by atoms with Crippen molar-refractivity contribution in [2.24, 2.45) is 14.1 Å². The Morgan fingerprint density at radius 1 is 0.756 bits per heavy atom. The van der Waals surface area contributed by atoms with Gasteiger partial charge in [-0.1, -0.05) is 6.92 Å². The molecule has 0 fully saturated rings. The summed E-state index contributed by atoms with van der Waals surface area (Å²) in [4.78, 5) is 23.7. The molecule has 0 radical (unpaired) electrons. The molecule has 0 unspecified atom stereocenters. The van der Waals surface area contributed by atoms with Crippen LogP contribution in [0.25, 0.3) is 21.8 Å². The van der Waals surface area contributed by atoms with Gasteiger partial charge in [0, 0.05) is 46.0 Å².